The van der Waals surface area contributed by atoms with Crippen molar-refractivity contribution in [3.05, 3.63) is 48.3 Å². The maximum atomic E-state index is 14.3. The van der Waals surface area contributed by atoms with Crippen LogP contribution in [0.25, 0.3) is 22.6 Å². The number of primary sulfonamides is 1. The van der Waals surface area contributed by atoms with E-state index in [9.17, 15) is 22.8 Å². The first kappa shape index (κ1) is 22.1. The molecule has 0 aliphatic heterocycles. The van der Waals surface area contributed by atoms with Gasteiger partial charge in [-0.2, -0.15) is 10.2 Å². The van der Waals surface area contributed by atoms with E-state index in [1.807, 2.05) is 0 Å². The zero-order chi connectivity index (χ0) is 23.0. The fourth-order valence-corrected chi connectivity index (χ4v) is 3.54. The molecule has 1 unspecified atom stereocenters. The van der Waals surface area contributed by atoms with Gasteiger partial charge in [-0.15, -0.1) is 6.42 Å². The first-order valence-electron chi connectivity index (χ1n) is 8.58. The van der Waals surface area contributed by atoms with Gasteiger partial charge in [-0.3, -0.25) is 0 Å². The number of quaternary nitrogens is 1. The minimum atomic E-state index is -4.20. The second-order valence-electron chi connectivity index (χ2n) is 6.47. The number of methoxy groups -OCH3 is 1. The van der Waals surface area contributed by atoms with Crippen LogP contribution in [0.3, 0.4) is 0 Å². The van der Waals surface area contributed by atoms with E-state index in [0.717, 1.165) is 13.1 Å². The Labute approximate surface area is 177 Å². The third-order valence-corrected chi connectivity index (χ3v) is 5.34. The summed E-state index contributed by atoms with van der Waals surface area (Å²) in [5.41, 5.74) is 0.0830. The van der Waals surface area contributed by atoms with Gasteiger partial charge in [0.2, 0.25) is 10.0 Å². The fourth-order valence-electron chi connectivity index (χ4n) is 2.80. The highest BCUT2D eigenvalue weighted by atomic mass is 32.2. The van der Waals surface area contributed by atoms with E-state index >= 15 is 0 Å². The van der Waals surface area contributed by atoms with Crippen molar-refractivity contribution in [3.8, 4) is 40.7 Å². The number of aromatic nitrogens is 1. The molecule has 1 aromatic heterocycles. The molecule has 0 bridgehead atoms. The number of rotatable bonds is 5. The number of halogens is 1. The third kappa shape index (κ3) is 4.05. The number of nitrogens with two attached hydrogens (primary N) is 1. The molecule has 2 aromatic carbocycles. The first-order valence-corrected chi connectivity index (χ1v) is 10.1. The number of amides is 1. The van der Waals surface area contributed by atoms with Crippen LogP contribution in [0.2, 0.25) is 0 Å². The molecule has 11 heteroatoms. The van der Waals surface area contributed by atoms with Crippen molar-refractivity contribution in [1.29, 1.82) is 0 Å². The van der Waals surface area contributed by atoms with E-state index in [1.165, 1.54) is 43.5 Å². The molecular weight excluding hydrogens is 429 g/mol. The molecule has 31 heavy (non-hydrogen) atoms. The standard InChI is InChI=1S/C20H17FN3O6S/c1-4-17(25)24(2,26)20-23-18(12-9-10-15(29-3)14(21)11-12)19(30-20)13-7-5-6-8-16(13)31(22,27)28/h1,5-11,26H,2-3H3,(H2,22,27,28)/q+1. The molecule has 1 atom stereocenters. The van der Waals surface area contributed by atoms with Gasteiger partial charge in [0.25, 0.3) is 0 Å². The molecule has 0 spiro atoms. The second-order valence-corrected chi connectivity index (χ2v) is 8.00. The molecule has 160 valence electrons. The molecule has 0 saturated heterocycles. The summed E-state index contributed by atoms with van der Waals surface area (Å²) in [6, 6.07) is 8.88. The zero-order valence-electron chi connectivity index (χ0n) is 16.4. The quantitative estimate of drug-likeness (QED) is 0.266. The van der Waals surface area contributed by atoms with E-state index < -0.39 is 32.4 Å². The number of carbonyl (C=O) groups excluding carboxylic acids is 1. The van der Waals surface area contributed by atoms with Gasteiger partial charge in [0.1, 0.15) is 12.7 Å². The zero-order valence-corrected chi connectivity index (χ0v) is 17.2. The Bertz CT molecular complexity index is 1320. The van der Waals surface area contributed by atoms with Crippen LogP contribution in [0.5, 0.6) is 5.75 Å². The van der Waals surface area contributed by atoms with Crippen molar-refractivity contribution in [2.24, 2.45) is 5.14 Å². The molecule has 3 N–H and O–H groups in total. The average molecular weight is 446 g/mol. The molecule has 0 saturated carbocycles. The summed E-state index contributed by atoms with van der Waals surface area (Å²) in [5, 5.41) is 15.8. The predicted octanol–water partition coefficient (Wildman–Crippen LogP) is 2.29. The highest BCUT2D eigenvalue weighted by Crippen LogP contribution is 2.39. The summed E-state index contributed by atoms with van der Waals surface area (Å²) in [5.74, 6) is -0.272. The number of hydroxylamine groups is 2. The Hall–Kier alpha value is -3.56. The van der Waals surface area contributed by atoms with Gasteiger partial charge in [0, 0.05) is 17.0 Å². The number of hydrogen-bond acceptors (Lipinski definition) is 7. The predicted molar refractivity (Wildman–Crippen MR) is 109 cm³/mol. The molecule has 3 rings (SSSR count). The number of carbonyl (C=O) groups is 1. The fraction of sp³-hybridized carbons (Fsp3) is 0.100. The van der Waals surface area contributed by atoms with Crippen LogP contribution in [0.1, 0.15) is 0 Å². The number of nitrogens with zero attached hydrogens (tertiary/aromatic N) is 2. The van der Waals surface area contributed by atoms with Crippen LogP contribution < -0.4 is 14.5 Å². The van der Waals surface area contributed by atoms with Gasteiger partial charge in [-0.1, -0.05) is 12.1 Å². The minimum absolute atomic E-state index is 0.0110. The second kappa shape index (κ2) is 7.93. The van der Waals surface area contributed by atoms with Crippen molar-refractivity contribution >= 4 is 21.9 Å². The van der Waals surface area contributed by atoms with Crippen molar-refractivity contribution in [1.82, 2.24) is 9.63 Å². The molecular formula is C20H17FN3O6S+. The molecule has 0 radical (unpaired) electrons. The lowest BCUT2D eigenvalue weighted by Crippen LogP contribution is -2.46. The highest BCUT2D eigenvalue weighted by Gasteiger charge is 2.40. The summed E-state index contributed by atoms with van der Waals surface area (Å²) >= 11 is 0. The summed E-state index contributed by atoms with van der Waals surface area (Å²) in [7, 11) is -1.89. The monoisotopic (exact) mass is 446 g/mol. The van der Waals surface area contributed by atoms with Crippen LogP contribution in [0.15, 0.2) is 51.8 Å². The van der Waals surface area contributed by atoms with Gasteiger partial charge in [-0.25, -0.2) is 22.7 Å². The largest absolute Gasteiger partial charge is 0.494 e. The van der Waals surface area contributed by atoms with Crippen molar-refractivity contribution in [3.63, 3.8) is 0 Å². The first-order chi connectivity index (χ1) is 14.5. The Morgan fingerprint density at radius 1 is 1.32 bits per heavy atom. The lowest BCUT2D eigenvalue weighted by Gasteiger charge is -2.13. The number of oxazole rings is 1. The lowest BCUT2D eigenvalue weighted by atomic mass is 10.1. The average Bonchev–Trinajstić information content (AvgIpc) is 3.18. The van der Waals surface area contributed by atoms with Gasteiger partial charge >= 0.3 is 11.9 Å². The smallest absolute Gasteiger partial charge is 0.447 e. The van der Waals surface area contributed by atoms with Gasteiger partial charge < -0.3 is 9.15 Å². The topological polar surface area (TPSA) is 133 Å². The Morgan fingerprint density at radius 2 is 2.00 bits per heavy atom. The molecule has 0 aliphatic carbocycles. The lowest BCUT2D eigenvalue weighted by molar-refractivity contribution is -0.152. The van der Waals surface area contributed by atoms with E-state index in [2.05, 4.69) is 4.98 Å². The minimum Gasteiger partial charge on any atom is -0.494 e. The van der Waals surface area contributed by atoms with Crippen molar-refractivity contribution in [2.75, 3.05) is 14.2 Å². The van der Waals surface area contributed by atoms with Crippen LogP contribution in [0, 0.1) is 18.2 Å². The Balaban J connectivity index is 2.35. The maximum Gasteiger partial charge on any atom is 0.447 e. The van der Waals surface area contributed by atoms with E-state index in [4.69, 9.17) is 20.7 Å². The normalized spacial score (nSPS) is 13.3. The van der Waals surface area contributed by atoms with Gasteiger partial charge in [-0.05, 0) is 35.0 Å². The molecule has 1 heterocycles. The third-order valence-electron chi connectivity index (χ3n) is 4.37. The SMILES string of the molecule is C#CC(=O)[N+](C)(O)c1nc(-c2ccc(OC)c(F)c2)c(-c2ccccc2S(N)(=O)=O)o1. The summed E-state index contributed by atoms with van der Waals surface area (Å²) in [4.78, 5) is 15.8. The maximum absolute atomic E-state index is 14.3. The van der Waals surface area contributed by atoms with Crippen molar-refractivity contribution in [2.45, 2.75) is 4.90 Å². The van der Waals surface area contributed by atoms with Crippen molar-refractivity contribution < 1.29 is 32.0 Å². The Morgan fingerprint density at radius 3 is 2.58 bits per heavy atom. The van der Waals surface area contributed by atoms with E-state index in [0.29, 0.717) is 0 Å². The number of ether oxygens (including phenoxy) is 1. The van der Waals surface area contributed by atoms with Gasteiger partial charge in [0.05, 0.1) is 12.0 Å². The number of benzene rings is 2. The number of terminal acetylenes is 1. The van der Waals surface area contributed by atoms with E-state index in [1.54, 1.807) is 5.92 Å². The van der Waals surface area contributed by atoms with Crippen LogP contribution in [0.4, 0.5) is 10.4 Å². The molecule has 0 fully saturated rings. The number of hydrogen-bond donors (Lipinski definition) is 2. The van der Waals surface area contributed by atoms with Crippen LogP contribution >= 0.6 is 0 Å². The van der Waals surface area contributed by atoms with E-state index in [-0.39, 0.29) is 33.2 Å². The molecule has 9 nitrogen and oxygen atoms in total. The number of sulfonamides is 1. The summed E-state index contributed by atoms with van der Waals surface area (Å²) in [6.45, 7) is 0. The summed E-state index contributed by atoms with van der Waals surface area (Å²) < 4.78 is 47.4. The van der Waals surface area contributed by atoms with Crippen LogP contribution in [-0.4, -0.2) is 38.7 Å². The van der Waals surface area contributed by atoms with Gasteiger partial charge in [0.15, 0.2) is 17.3 Å². The summed E-state index contributed by atoms with van der Waals surface area (Å²) in [6.07, 6.45) is 5.09. The molecule has 0 aliphatic rings. The molecule has 3 aromatic rings. The van der Waals surface area contributed by atoms with Crippen LogP contribution in [-0.2, 0) is 14.8 Å². The Kier molecular flexibility index (Phi) is 5.66. The highest BCUT2D eigenvalue weighted by molar-refractivity contribution is 7.89. The molecule has 1 amide bonds.